The van der Waals surface area contributed by atoms with E-state index in [-0.39, 0.29) is 26.8 Å². The number of carbonyl (C=O) groups excluding carboxylic acids is 2. The van der Waals surface area contributed by atoms with Crippen LogP contribution in [0.3, 0.4) is 0 Å². The number of halogens is 1. The number of likely N-dealkylation sites (N-methyl/N-ethyl adjacent to an activating group) is 1. The lowest BCUT2D eigenvalue weighted by atomic mass is 10.1. The molecule has 43 heavy (non-hydrogen) atoms. The molecule has 2 aromatic heterocycles. The molecule has 0 unspecified atom stereocenters. The van der Waals surface area contributed by atoms with Crippen LogP contribution < -0.4 is 15.6 Å². The number of anilines is 2. The molecule has 1 aliphatic rings. The quantitative estimate of drug-likeness (QED) is 0.286. The summed E-state index contributed by atoms with van der Waals surface area (Å²) >= 11 is 0. The van der Waals surface area contributed by atoms with E-state index in [1.807, 2.05) is 13.1 Å². The third kappa shape index (κ3) is 5.59. The second-order valence-corrected chi connectivity index (χ2v) is 12.0. The zero-order valence-electron chi connectivity index (χ0n) is 23.0. The van der Waals surface area contributed by atoms with Crippen molar-refractivity contribution in [2.24, 2.45) is 0 Å². The molecule has 0 spiro atoms. The number of hydrogen-bond acceptors (Lipinski definition) is 8. The Balaban J connectivity index is 1.33. The molecule has 2 amide bonds. The lowest BCUT2D eigenvalue weighted by molar-refractivity contribution is 0.0996. The monoisotopic (exact) mass is 602 g/mol. The molecule has 3 aromatic carbocycles. The Kier molecular flexibility index (Phi) is 7.42. The largest absolute Gasteiger partial charge is 0.459 e. The van der Waals surface area contributed by atoms with Gasteiger partial charge in [-0.25, -0.2) is 18.2 Å². The minimum Gasteiger partial charge on any atom is -0.459 e. The predicted octanol–water partition coefficient (Wildman–Crippen LogP) is 3.99. The van der Waals surface area contributed by atoms with Gasteiger partial charge in [-0.15, -0.1) is 0 Å². The number of sulfone groups is 1. The Morgan fingerprint density at radius 1 is 0.907 bits per heavy atom. The summed E-state index contributed by atoms with van der Waals surface area (Å²) in [5.74, 6) is -1.61. The number of nitrogens with zero attached hydrogens (tertiary/aromatic N) is 4. The van der Waals surface area contributed by atoms with Crippen LogP contribution >= 0.6 is 0 Å². The maximum absolute atomic E-state index is 13.9. The highest BCUT2D eigenvalue weighted by Gasteiger charge is 2.26. The average molecular weight is 603 g/mol. The number of piperazine rings is 1. The molecule has 0 bridgehead atoms. The highest BCUT2D eigenvalue weighted by molar-refractivity contribution is 7.91. The van der Waals surface area contributed by atoms with Gasteiger partial charge in [0.25, 0.3) is 11.8 Å². The standard InChI is InChI=1S/C30H27FN6O5S/c1-35-12-14-36(15-13-35)26-8-3-7-24(33-29(38)27-9-4-16-42-27)28(26)30(39)34-37-25-11-10-23(17-20(25)19-32-37)43(40,41)22-6-2-5-21(31)18-22/h2-11,16-19H,12-15H2,1H3,(H,33,38)(H,34,39). The van der Waals surface area contributed by atoms with Gasteiger partial charge < -0.3 is 19.5 Å². The van der Waals surface area contributed by atoms with Crippen molar-refractivity contribution in [1.82, 2.24) is 14.8 Å². The molecular formula is C30H27FN6O5S. The molecule has 0 radical (unpaired) electrons. The SMILES string of the molecule is CN1CCN(c2cccc(NC(=O)c3ccco3)c2C(=O)Nn2ncc3cc(S(=O)(=O)c4cccc(F)c4)ccc32)CC1. The first-order valence-corrected chi connectivity index (χ1v) is 14.9. The molecular weight excluding hydrogens is 575 g/mol. The molecule has 0 aliphatic carbocycles. The van der Waals surface area contributed by atoms with Crippen molar-refractivity contribution in [2.75, 3.05) is 48.9 Å². The summed E-state index contributed by atoms with van der Waals surface area (Å²) < 4.78 is 45.1. The average Bonchev–Trinajstić information content (AvgIpc) is 3.68. The van der Waals surface area contributed by atoms with Gasteiger partial charge in [-0.1, -0.05) is 12.1 Å². The molecule has 11 nitrogen and oxygen atoms in total. The van der Waals surface area contributed by atoms with E-state index >= 15 is 0 Å². The molecule has 13 heteroatoms. The van der Waals surface area contributed by atoms with E-state index in [1.165, 1.54) is 59.7 Å². The van der Waals surface area contributed by atoms with E-state index in [0.717, 1.165) is 19.2 Å². The number of nitrogens with one attached hydrogen (secondary N) is 2. The second kappa shape index (κ2) is 11.3. The van der Waals surface area contributed by atoms with E-state index in [0.29, 0.717) is 29.7 Å². The summed E-state index contributed by atoms with van der Waals surface area (Å²) in [6.45, 7) is 2.96. The third-order valence-electron chi connectivity index (χ3n) is 7.27. The molecule has 3 heterocycles. The Morgan fingerprint density at radius 2 is 1.67 bits per heavy atom. The topological polar surface area (TPSA) is 130 Å². The number of aromatic nitrogens is 2. The van der Waals surface area contributed by atoms with Gasteiger partial charge in [-0.05, 0) is 67.7 Å². The molecule has 5 aromatic rings. The molecule has 1 saturated heterocycles. The van der Waals surface area contributed by atoms with Gasteiger partial charge in [-0.3, -0.25) is 9.59 Å². The summed E-state index contributed by atoms with van der Waals surface area (Å²) in [5.41, 5.74) is 4.37. The Hall–Kier alpha value is -5.01. The van der Waals surface area contributed by atoms with Crippen LogP contribution in [0.5, 0.6) is 0 Å². The highest BCUT2D eigenvalue weighted by atomic mass is 32.2. The van der Waals surface area contributed by atoms with Gasteiger partial charge in [0.2, 0.25) is 9.84 Å². The molecule has 6 rings (SSSR count). The Morgan fingerprint density at radius 3 is 2.42 bits per heavy atom. The molecule has 0 saturated carbocycles. The van der Waals surface area contributed by atoms with Crippen molar-refractivity contribution in [2.45, 2.75) is 9.79 Å². The Bertz CT molecular complexity index is 1930. The van der Waals surface area contributed by atoms with Gasteiger partial charge >= 0.3 is 0 Å². The first-order chi connectivity index (χ1) is 20.7. The molecule has 220 valence electrons. The van der Waals surface area contributed by atoms with Crippen molar-refractivity contribution >= 4 is 43.9 Å². The number of amides is 2. The molecule has 1 aliphatic heterocycles. The van der Waals surface area contributed by atoms with E-state index in [9.17, 15) is 22.4 Å². The van der Waals surface area contributed by atoms with Crippen LogP contribution in [0.4, 0.5) is 15.8 Å². The van der Waals surface area contributed by atoms with Crippen LogP contribution in [0.15, 0.2) is 99.5 Å². The fourth-order valence-electron chi connectivity index (χ4n) is 4.98. The first kappa shape index (κ1) is 28.1. The van der Waals surface area contributed by atoms with Gasteiger partial charge in [0.05, 0.1) is 44.7 Å². The summed E-state index contributed by atoms with van der Waals surface area (Å²) in [5, 5.41) is 7.49. The zero-order valence-corrected chi connectivity index (χ0v) is 23.8. The smallest absolute Gasteiger partial charge is 0.291 e. The van der Waals surface area contributed by atoms with Crippen molar-refractivity contribution in [3.8, 4) is 0 Å². The summed E-state index contributed by atoms with van der Waals surface area (Å²) in [4.78, 5) is 32.1. The van der Waals surface area contributed by atoms with Crippen LogP contribution in [0, 0.1) is 5.82 Å². The molecule has 0 atom stereocenters. The van der Waals surface area contributed by atoms with Gasteiger partial charge in [0.1, 0.15) is 5.82 Å². The number of furan rings is 1. The van der Waals surface area contributed by atoms with E-state index in [1.54, 1.807) is 18.2 Å². The van der Waals surface area contributed by atoms with Crippen LogP contribution in [0.2, 0.25) is 0 Å². The molecule has 1 fully saturated rings. The van der Waals surface area contributed by atoms with Crippen molar-refractivity contribution in [3.05, 3.63) is 102 Å². The van der Waals surface area contributed by atoms with Crippen molar-refractivity contribution in [1.29, 1.82) is 0 Å². The highest BCUT2D eigenvalue weighted by Crippen LogP contribution is 2.30. The number of rotatable bonds is 7. The van der Waals surface area contributed by atoms with Crippen LogP contribution in [0.1, 0.15) is 20.9 Å². The van der Waals surface area contributed by atoms with Gasteiger partial charge in [-0.2, -0.15) is 9.89 Å². The summed E-state index contributed by atoms with van der Waals surface area (Å²) in [6, 6.07) is 17.5. The van der Waals surface area contributed by atoms with Crippen LogP contribution in [-0.4, -0.2) is 68.2 Å². The number of fused-ring (bicyclic) bond motifs is 1. The lowest BCUT2D eigenvalue weighted by Crippen LogP contribution is -2.45. The van der Waals surface area contributed by atoms with E-state index in [4.69, 9.17) is 4.42 Å². The molecule has 2 N–H and O–H groups in total. The number of hydrogen-bond donors (Lipinski definition) is 2. The van der Waals surface area contributed by atoms with Gasteiger partial charge in [0, 0.05) is 31.6 Å². The zero-order chi connectivity index (χ0) is 30.1. The maximum atomic E-state index is 13.9. The summed E-state index contributed by atoms with van der Waals surface area (Å²) in [6.07, 6.45) is 2.81. The first-order valence-electron chi connectivity index (χ1n) is 13.4. The summed E-state index contributed by atoms with van der Waals surface area (Å²) in [7, 11) is -1.96. The van der Waals surface area contributed by atoms with E-state index in [2.05, 4.69) is 25.6 Å². The Labute approximate surface area is 246 Å². The maximum Gasteiger partial charge on any atom is 0.291 e. The second-order valence-electron chi connectivity index (χ2n) is 10.1. The van der Waals surface area contributed by atoms with Crippen LogP contribution in [-0.2, 0) is 9.84 Å². The predicted molar refractivity (Wildman–Crippen MR) is 158 cm³/mol. The number of carbonyl (C=O) groups is 2. The fourth-order valence-corrected chi connectivity index (χ4v) is 6.30. The van der Waals surface area contributed by atoms with Gasteiger partial charge in [0.15, 0.2) is 5.76 Å². The number of benzene rings is 3. The van der Waals surface area contributed by atoms with E-state index < -0.39 is 27.5 Å². The lowest BCUT2D eigenvalue weighted by Gasteiger charge is -2.35. The fraction of sp³-hybridized carbons (Fsp3) is 0.167. The van der Waals surface area contributed by atoms with Crippen molar-refractivity contribution in [3.63, 3.8) is 0 Å². The van der Waals surface area contributed by atoms with Crippen LogP contribution in [0.25, 0.3) is 10.9 Å². The van der Waals surface area contributed by atoms with Crippen molar-refractivity contribution < 1.29 is 26.8 Å². The minimum absolute atomic E-state index is 0.0418. The third-order valence-corrected chi connectivity index (χ3v) is 9.02. The normalized spacial score (nSPS) is 14.1. The minimum atomic E-state index is -3.99.